The first-order valence-electron chi connectivity index (χ1n) is 13.0. The molecule has 3 N–H and O–H groups in total. The van der Waals surface area contributed by atoms with Crippen LogP contribution in [0.25, 0.3) is 6.08 Å². The Balaban J connectivity index is 1.44. The number of hydrogen-bond donors (Lipinski definition) is 3. The van der Waals surface area contributed by atoms with Crippen LogP contribution < -0.4 is 16.0 Å². The van der Waals surface area contributed by atoms with E-state index < -0.39 is 17.8 Å². The normalized spacial score (nSPS) is 10.9. The molecule has 4 aromatic rings. The molecule has 0 fully saturated rings. The van der Waals surface area contributed by atoms with Gasteiger partial charge in [-0.05, 0) is 61.0 Å². The van der Waals surface area contributed by atoms with Crippen LogP contribution in [0.5, 0.6) is 0 Å². The Bertz CT molecular complexity index is 1620. The lowest BCUT2D eigenvalue weighted by molar-refractivity contribution is -0.114. The molecule has 0 radical (unpaired) electrons. The van der Waals surface area contributed by atoms with E-state index in [1.807, 2.05) is 43.3 Å². The van der Waals surface area contributed by atoms with Gasteiger partial charge in [0.05, 0.1) is 24.1 Å². The number of nitrogens with one attached hydrogen (secondary N) is 3. The highest BCUT2D eigenvalue weighted by molar-refractivity contribution is 8.00. The largest absolute Gasteiger partial charge is 0.465 e. The Hall–Kier alpha value is -5.15. The first-order valence-corrected chi connectivity index (χ1v) is 14.0. The zero-order valence-corrected chi connectivity index (χ0v) is 23.9. The van der Waals surface area contributed by atoms with E-state index in [4.69, 9.17) is 4.74 Å². The molecule has 4 aromatic carbocycles. The van der Waals surface area contributed by atoms with E-state index in [1.54, 1.807) is 72.8 Å². The Morgan fingerprint density at radius 3 is 2.26 bits per heavy atom. The van der Waals surface area contributed by atoms with Crippen molar-refractivity contribution in [2.24, 2.45) is 0 Å². The molecule has 0 unspecified atom stereocenters. The van der Waals surface area contributed by atoms with Gasteiger partial charge >= 0.3 is 5.97 Å². The molecule has 0 bridgehead atoms. The highest BCUT2D eigenvalue weighted by Crippen LogP contribution is 2.23. The molecule has 4 rings (SSSR count). The number of hydrogen-bond acceptors (Lipinski definition) is 6. The van der Waals surface area contributed by atoms with Crippen LogP contribution in [0.3, 0.4) is 0 Å². The predicted molar refractivity (Wildman–Crippen MR) is 165 cm³/mol. The van der Waals surface area contributed by atoms with Gasteiger partial charge in [-0.2, -0.15) is 0 Å². The van der Waals surface area contributed by atoms with Gasteiger partial charge in [-0.1, -0.05) is 66.2 Å². The first-order chi connectivity index (χ1) is 20.3. The molecule has 0 aliphatic rings. The van der Waals surface area contributed by atoms with Crippen molar-refractivity contribution >= 4 is 52.9 Å². The van der Waals surface area contributed by atoms with Gasteiger partial charge < -0.3 is 20.7 Å². The van der Waals surface area contributed by atoms with Crippen molar-refractivity contribution in [3.8, 4) is 0 Å². The van der Waals surface area contributed by atoms with Gasteiger partial charge in [-0.25, -0.2) is 4.79 Å². The van der Waals surface area contributed by atoms with Crippen LogP contribution in [0.15, 0.2) is 114 Å². The van der Waals surface area contributed by atoms with Crippen LogP contribution >= 0.6 is 11.8 Å². The topological polar surface area (TPSA) is 114 Å². The molecule has 9 heteroatoms. The number of carbonyl (C=O) groups is 4. The van der Waals surface area contributed by atoms with Crippen LogP contribution in [0.2, 0.25) is 0 Å². The number of esters is 1. The summed E-state index contributed by atoms with van der Waals surface area (Å²) in [5.41, 5.74) is 3.44. The van der Waals surface area contributed by atoms with Gasteiger partial charge in [-0.3, -0.25) is 14.4 Å². The van der Waals surface area contributed by atoms with E-state index in [0.717, 1.165) is 16.0 Å². The third-order valence-electron chi connectivity index (χ3n) is 5.99. The van der Waals surface area contributed by atoms with E-state index in [0.29, 0.717) is 16.9 Å². The number of amides is 3. The first kappa shape index (κ1) is 29.8. The average molecular weight is 580 g/mol. The lowest BCUT2D eigenvalue weighted by Crippen LogP contribution is -2.30. The molecule has 0 saturated heterocycles. The minimum Gasteiger partial charge on any atom is -0.465 e. The highest BCUT2D eigenvalue weighted by Gasteiger charge is 2.16. The number of carbonyl (C=O) groups excluding carboxylic acids is 4. The van der Waals surface area contributed by atoms with Crippen molar-refractivity contribution in [3.05, 3.63) is 131 Å². The van der Waals surface area contributed by atoms with Gasteiger partial charge in [0.25, 0.3) is 11.8 Å². The Morgan fingerprint density at radius 2 is 1.52 bits per heavy atom. The van der Waals surface area contributed by atoms with E-state index in [2.05, 4.69) is 16.0 Å². The molecule has 0 atom stereocenters. The number of benzene rings is 4. The second kappa shape index (κ2) is 14.5. The van der Waals surface area contributed by atoms with E-state index >= 15 is 0 Å². The standard InChI is InChI=1S/C33H29N3O5S/c1-22-15-17-23(18-16-22)19-29(36-31(38)24-9-4-3-5-10-24)32(39)34-25-11-8-12-26(20-25)42-21-30(37)35-28-14-7-6-13-27(28)33(40)41-2/h3-20H,21H2,1-2H3,(H,34,39)(H,35,37)(H,36,38)/b29-19+. The summed E-state index contributed by atoms with van der Waals surface area (Å²) < 4.78 is 4.77. The zero-order valence-electron chi connectivity index (χ0n) is 23.0. The summed E-state index contributed by atoms with van der Waals surface area (Å²) in [6.45, 7) is 1.97. The number of para-hydroxylation sites is 1. The monoisotopic (exact) mass is 579 g/mol. The van der Waals surface area contributed by atoms with E-state index in [1.165, 1.54) is 18.9 Å². The van der Waals surface area contributed by atoms with Crippen molar-refractivity contribution in [1.29, 1.82) is 0 Å². The Morgan fingerprint density at radius 1 is 0.810 bits per heavy atom. The summed E-state index contributed by atoms with van der Waals surface area (Å²) >= 11 is 1.27. The number of thioether (sulfide) groups is 1. The maximum atomic E-state index is 13.3. The fourth-order valence-corrected chi connectivity index (χ4v) is 4.60. The highest BCUT2D eigenvalue weighted by atomic mass is 32.2. The minimum absolute atomic E-state index is 0.0681. The quantitative estimate of drug-likeness (QED) is 0.122. The SMILES string of the molecule is COC(=O)c1ccccc1NC(=O)CSc1cccc(NC(=O)/C(=C\c2ccc(C)cc2)NC(=O)c2ccccc2)c1. The van der Waals surface area contributed by atoms with Gasteiger partial charge in [0.2, 0.25) is 5.91 Å². The molecule has 0 aromatic heterocycles. The van der Waals surface area contributed by atoms with E-state index in [-0.39, 0.29) is 22.9 Å². The molecule has 3 amide bonds. The fraction of sp³-hybridized carbons (Fsp3) is 0.0909. The summed E-state index contributed by atoms with van der Waals surface area (Å²) in [5.74, 6) is -1.69. The van der Waals surface area contributed by atoms with Crippen LogP contribution in [0, 0.1) is 6.92 Å². The lowest BCUT2D eigenvalue weighted by Gasteiger charge is -2.12. The molecule has 0 aliphatic heterocycles. The molecular weight excluding hydrogens is 550 g/mol. The molecular formula is C33H29N3O5S. The number of rotatable bonds is 10. The minimum atomic E-state index is -0.544. The van der Waals surface area contributed by atoms with Crippen molar-refractivity contribution in [2.75, 3.05) is 23.5 Å². The van der Waals surface area contributed by atoms with Gasteiger partial charge in [0.1, 0.15) is 5.70 Å². The smallest absolute Gasteiger partial charge is 0.339 e. The third kappa shape index (κ3) is 8.42. The van der Waals surface area contributed by atoms with Crippen LogP contribution in [-0.4, -0.2) is 36.6 Å². The number of anilines is 2. The summed E-state index contributed by atoms with van der Waals surface area (Å²) in [4.78, 5) is 51.5. The number of aryl methyl sites for hydroxylation is 1. The molecule has 212 valence electrons. The van der Waals surface area contributed by atoms with Crippen molar-refractivity contribution in [3.63, 3.8) is 0 Å². The number of ether oxygens (including phenoxy) is 1. The van der Waals surface area contributed by atoms with Crippen molar-refractivity contribution < 1.29 is 23.9 Å². The molecule has 0 spiro atoms. The lowest BCUT2D eigenvalue weighted by atomic mass is 10.1. The predicted octanol–water partition coefficient (Wildman–Crippen LogP) is 5.92. The van der Waals surface area contributed by atoms with Gasteiger partial charge in [-0.15, -0.1) is 11.8 Å². The summed E-state index contributed by atoms with van der Waals surface area (Å²) in [7, 11) is 1.28. The summed E-state index contributed by atoms with van der Waals surface area (Å²) in [6, 6.07) is 29.8. The van der Waals surface area contributed by atoms with Crippen LogP contribution in [0.4, 0.5) is 11.4 Å². The van der Waals surface area contributed by atoms with Gasteiger partial charge in [0.15, 0.2) is 0 Å². The third-order valence-corrected chi connectivity index (χ3v) is 6.98. The molecule has 0 saturated carbocycles. The maximum Gasteiger partial charge on any atom is 0.339 e. The maximum absolute atomic E-state index is 13.3. The molecule has 0 heterocycles. The summed E-state index contributed by atoms with van der Waals surface area (Å²) in [5, 5.41) is 8.31. The Kier molecular flexibility index (Phi) is 10.3. The average Bonchev–Trinajstić information content (AvgIpc) is 3.01. The molecule has 8 nitrogen and oxygen atoms in total. The van der Waals surface area contributed by atoms with Crippen LogP contribution in [0.1, 0.15) is 31.8 Å². The van der Waals surface area contributed by atoms with Gasteiger partial charge in [0, 0.05) is 16.1 Å². The van der Waals surface area contributed by atoms with Crippen molar-refractivity contribution in [2.45, 2.75) is 11.8 Å². The molecule has 42 heavy (non-hydrogen) atoms. The number of methoxy groups -OCH3 is 1. The molecule has 0 aliphatic carbocycles. The fourth-order valence-electron chi connectivity index (χ4n) is 3.85. The second-order valence-electron chi connectivity index (χ2n) is 9.14. The summed E-state index contributed by atoms with van der Waals surface area (Å²) in [6.07, 6.45) is 1.62. The van der Waals surface area contributed by atoms with Crippen LogP contribution in [-0.2, 0) is 14.3 Å². The van der Waals surface area contributed by atoms with E-state index in [9.17, 15) is 19.2 Å². The second-order valence-corrected chi connectivity index (χ2v) is 10.2. The Labute approximate surface area is 248 Å². The van der Waals surface area contributed by atoms with Crippen molar-refractivity contribution in [1.82, 2.24) is 5.32 Å². The zero-order chi connectivity index (χ0) is 29.9.